The minimum atomic E-state index is -4.54. The highest BCUT2D eigenvalue weighted by atomic mass is 35.5. The molecule has 0 spiro atoms. The lowest BCUT2D eigenvalue weighted by Gasteiger charge is -2.17. The first-order chi connectivity index (χ1) is 13.6. The lowest BCUT2D eigenvalue weighted by Crippen LogP contribution is -2.24. The van der Waals surface area contributed by atoms with Crippen LogP contribution >= 0.6 is 11.6 Å². The summed E-state index contributed by atoms with van der Waals surface area (Å²) in [4.78, 5) is 16.1. The number of benzene rings is 1. The Morgan fingerprint density at radius 3 is 2.48 bits per heavy atom. The van der Waals surface area contributed by atoms with Gasteiger partial charge in [0.05, 0.1) is 17.4 Å². The third-order valence-electron chi connectivity index (χ3n) is 4.28. The van der Waals surface area contributed by atoms with Crippen LogP contribution in [0.3, 0.4) is 0 Å². The fraction of sp³-hybridized carbons (Fsp3) is 0.211. The number of rotatable bonds is 4. The van der Waals surface area contributed by atoms with Crippen LogP contribution < -0.4 is 10.9 Å². The van der Waals surface area contributed by atoms with E-state index < -0.39 is 17.3 Å². The van der Waals surface area contributed by atoms with E-state index in [-0.39, 0.29) is 28.4 Å². The predicted octanol–water partition coefficient (Wildman–Crippen LogP) is 4.92. The van der Waals surface area contributed by atoms with E-state index >= 15 is 0 Å². The topological polar surface area (TPSA) is 59.8 Å². The van der Waals surface area contributed by atoms with Crippen molar-refractivity contribution in [3.05, 3.63) is 80.6 Å². The number of aryl methyl sites for hydroxylation is 1. The van der Waals surface area contributed by atoms with Crippen LogP contribution in [0.4, 0.5) is 23.2 Å². The van der Waals surface area contributed by atoms with Gasteiger partial charge in [0.2, 0.25) is 0 Å². The lowest BCUT2D eigenvalue weighted by atomic mass is 10.1. The molecule has 0 amide bonds. The van der Waals surface area contributed by atoms with Crippen molar-refractivity contribution in [3.63, 3.8) is 0 Å². The number of halogens is 5. The van der Waals surface area contributed by atoms with Crippen molar-refractivity contribution in [3.8, 4) is 5.82 Å². The van der Waals surface area contributed by atoms with Crippen LogP contribution in [-0.2, 0) is 6.18 Å². The predicted molar refractivity (Wildman–Crippen MR) is 101 cm³/mol. The molecule has 1 aromatic carbocycles. The second-order valence-electron chi connectivity index (χ2n) is 6.37. The molecule has 0 aliphatic carbocycles. The van der Waals surface area contributed by atoms with Crippen molar-refractivity contribution in [1.82, 2.24) is 14.8 Å². The summed E-state index contributed by atoms with van der Waals surface area (Å²) in [6.45, 7) is 3.40. The van der Waals surface area contributed by atoms with Crippen LogP contribution in [-0.4, -0.2) is 14.8 Å². The first-order valence-electron chi connectivity index (χ1n) is 8.42. The van der Waals surface area contributed by atoms with Gasteiger partial charge in [-0.2, -0.15) is 23.0 Å². The normalized spacial score (nSPS) is 12.7. The molecule has 0 saturated carbocycles. The van der Waals surface area contributed by atoms with Gasteiger partial charge in [-0.15, -0.1) is 0 Å². The van der Waals surface area contributed by atoms with Crippen molar-refractivity contribution < 1.29 is 17.6 Å². The zero-order chi connectivity index (χ0) is 21.3. The SMILES string of the molecule is Cc1ccc(C(C)Nc2cnn(-c3ccc(C(F)(F)F)cn3)c(=O)c2Cl)cc1F. The number of pyridine rings is 1. The first-order valence-corrected chi connectivity index (χ1v) is 8.79. The maximum Gasteiger partial charge on any atom is 0.417 e. The molecule has 29 heavy (non-hydrogen) atoms. The molecule has 5 nitrogen and oxygen atoms in total. The summed E-state index contributed by atoms with van der Waals surface area (Å²) in [5, 5.41) is 6.68. The Balaban J connectivity index is 1.87. The molecule has 2 heterocycles. The Kier molecular flexibility index (Phi) is 5.61. The van der Waals surface area contributed by atoms with Gasteiger partial charge in [0.15, 0.2) is 5.82 Å². The maximum absolute atomic E-state index is 13.8. The molecule has 2 aromatic heterocycles. The number of anilines is 1. The van der Waals surface area contributed by atoms with E-state index in [9.17, 15) is 22.4 Å². The van der Waals surface area contributed by atoms with Crippen LogP contribution in [0.5, 0.6) is 0 Å². The first kappa shape index (κ1) is 20.8. The lowest BCUT2D eigenvalue weighted by molar-refractivity contribution is -0.137. The van der Waals surface area contributed by atoms with Crippen molar-refractivity contribution in [2.75, 3.05) is 5.32 Å². The van der Waals surface area contributed by atoms with Crippen molar-refractivity contribution in [2.45, 2.75) is 26.1 Å². The number of aromatic nitrogens is 3. The molecule has 152 valence electrons. The standard InChI is InChI=1S/C19H15ClF4N4O/c1-10-3-4-12(7-14(10)21)11(2)27-15-9-26-28(18(29)17(15)20)16-6-5-13(8-25-16)19(22,23)24/h3-9,11,27H,1-2H3. The van der Waals surface area contributed by atoms with Crippen LogP contribution in [0.2, 0.25) is 5.02 Å². The van der Waals surface area contributed by atoms with E-state index in [2.05, 4.69) is 15.4 Å². The largest absolute Gasteiger partial charge is 0.417 e. The molecule has 0 radical (unpaired) electrons. The molecule has 1 unspecified atom stereocenters. The summed E-state index contributed by atoms with van der Waals surface area (Å²) < 4.78 is 52.5. The number of nitrogens with one attached hydrogen (secondary N) is 1. The summed E-state index contributed by atoms with van der Waals surface area (Å²) in [6.07, 6.45) is -2.68. The number of alkyl halides is 3. The van der Waals surface area contributed by atoms with E-state index in [0.717, 1.165) is 16.8 Å². The van der Waals surface area contributed by atoms with Gasteiger partial charge >= 0.3 is 6.18 Å². The summed E-state index contributed by atoms with van der Waals surface area (Å²) in [5.74, 6) is -0.464. The Morgan fingerprint density at radius 1 is 1.17 bits per heavy atom. The molecule has 0 fully saturated rings. The zero-order valence-electron chi connectivity index (χ0n) is 15.3. The highest BCUT2D eigenvalue weighted by Gasteiger charge is 2.30. The van der Waals surface area contributed by atoms with E-state index in [0.29, 0.717) is 17.3 Å². The number of hydrogen-bond acceptors (Lipinski definition) is 4. The van der Waals surface area contributed by atoms with Crippen LogP contribution in [0.1, 0.15) is 29.7 Å². The van der Waals surface area contributed by atoms with Gasteiger partial charge in [-0.05, 0) is 43.2 Å². The van der Waals surface area contributed by atoms with Gasteiger partial charge in [-0.25, -0.2) is 9.37 Å². The Bertz CT molecular complexity index is 1100. The van der Waals surface area contributed by atoms with Crippen LogP contribution in [0.25, 0.3) is 5.82 Å². The second-order valence-corrected chi connectivity index (χ2v) is 6.74. The molecule has 3 rings (SSSR count). The van der Waals surface area contributed by atoms with Crippen molar-refractivity contribution in [2.24, 2.45) is 0 Å². The van der Waals surface area contributed by atoms with Gasteiger partial charge in [-0.1, -0.05) is 23.7 Å². The fourth-order valence-electron chi connectivity index (χ4n) is 2.57. The van der Waals surface area contributed by atoms with Crippen molar-refractivity contribution in [1.29, 1.82) is 0 Å². The summed E-state index contributed by atoms with van der Waals surface area (Å²) in [5.41, 5.74) is -0.359. The monoisotopic (exact) mass is 426 g/mol. The fourth-order valence-corrected chi connectivity index (χ4v) is 2.75. The quantitative estimate of drug-likeness (QED) is 0.601. The Hall–Kier alpha value is -2.94. The highest BCUT2D eigenvalue weighted by Crippen LogP contribution is 2.29. The average molecular weight is 427 g/mol. The van der Waals surface area contributed by atoms with Gasteiger partial charge in [-0.3, -0.25) is 4.79 Å². The van der Waals surface area contributed by atoms with Gasteiger partial charge in [0, 0.05) is 12.2 Å². The molecule has 10 heteroatoms. The van der Waals surface area contributed by atoms with Crippen LogP contribution in [0.15, 0.2) is 47.5 Å². The van der Waals surface area contributed by atoms with Crippen molar-refractivity contribution >= 4 is 17.3 Å². The third kappa shape index (κ3) is 4.40. The Labute approximate surface area is 168 Å². The smallest absolute Gasteiger partial charge is 0.376 e. The minimum absolute atomic E-state index is 0.106. The minimum Gasteiger partial charge on any atom is -0.376 e. The molecular formula is C19H15ClF4N4O. The maximum atomic E-state index is 13.8. The molecule has 0 aliphatic heterocycles. The molecule has 0 aliphatic rings. The third-order valence-corrected chi connectivity index (χ3v) is 4.64. The molecule has 1 N–H and O–H groups in total. The highest BCUT2D eigenvalue weighted by molar-refractivity contribution is 6.32. The molecule has 3 aromatic rings. The van der Waals surface area contributed by atoms with E-state index in [4.69, 9.17) is 11.6 Å². The number of nitrogens with zero attached hydrogens (tertiary/aromatic N) is 3. The molecule has 1 atom stereocenters. The summed E-state index contributed by atoms with van der Waals surface area (Å²) in [7, 11) is 0. The molecule has 0 saturated heterocycles. The molecule has 0 bridgehead atoms. The van der Waals surface area contributed by atoms with Gasteiger partial charge in [0.1, 0.15) is 10.8 Å². The average Bonchev–Trinajstić information content (AvgIpc) is 2.67. The number of hydrogen-bond donors (Lipinski definition) is 1. The van der Waals surface area contributed by atoms with Gasteiger partial charge in [0.25, 0.3) is 5.56 Å². The molecular weight excluding hydrogens is 412 g/mol. The second kappa shape index (κ2) is 7.82. The Morgan fingerprint density at radius 2 is 1.90 bits per heavy atom. The summed E-state index contributed by atoms with van der Waals surface area (Å²) >= 11 is 6.12. The van der Waals surface area contributed by atoms with E-state index in [1.165, 1.54) is 12.3 Å². The van der Waals surface area contributed by atoms with Crippen LogP contribution in [0, 0.1) is 12.7 Å². The van der Waals surface area contributed by atoms with E-state index in [1.807, 2.05) is 0 Å². The van der Waals surface area contributed by atoms with E-state index in [1.54, 1.807) is 26.0 Å². The van der Waals surface area contributed by atoms with Gasteiger partial charge < -0.3 is 5.32 Å². The zero-order valence-corrected chi connectivity index (χ0v) is 16.0. The summed E-state index contributed by atoms with van der Waals surface area (Å²) in [6, 6.07) is 6.19.